The third-order valence-electron chi connectivity index (χ3n) is 3.46. The molecule has 1 N–H and O–H groups in total. The van der Waals surface area contributed by atoms with E-state index in [-0.39, 0.29) is 6.54 Å². The van der Waals surface area contributed by atoms with Crippen molar-refractivity contribution in [3.8, 4) is 0 Å². The number of pyridine rings is 1. The van der Waals surface area contributed by atoms with Crippen LogP contribution in [0.4, 0.5) is 4.79 Å². The summed E-state index contributed by atoms with van der Waals surface area (Å²) in [6.45, 7) is 4.37. The van der Waals surface area contributed by atoms with Crippen molar-refractivity contribution < 1.29 is 14.4 Å². The Morgan fingerprint density at radius 3 is 2.80 bits per heavy atom. The van der Waals surface area contributed by atoms with Crippen LogP contribution in [0.1, 0.15) is 29.3 Å². The van der Waals surface area contributed by atoms with Crippen molar-refractivity contribution >= 4 is 23.4 Å². The molecule has 7 heteroatoms. The van der Waals surface area contributed by atoms with Gasteiger partial charge in [-0.25, -0.2) is 4.79 Å². The van der Waals surface area contributed by atoms with Crippen LogP contribution in [0.3, 0.4) is 0 Å². The number of halogens is 1. The third kappa shape index (κ3) is 5.76. The van der Waals surface area contributed by atoms with Crippen LogP contribution in [-0.4, -0.2) is 23.9 Å². The van der Waals surface area contributed by atoms with Crippen LogP contribution in [0.5, 0.6) is 0 Å². The maximum absolute atomic E-state index is 11.2. The Hall–Kier alpha value is -2.60. The van der Waals surface area contributed by atoms with Gasteiger partial charge < -0.3 is 14.9 Å². The Morgan fingerprint density at radius 1 is 1.32 bits per heavy atom. The van der Waals surface area contributed by atoms with E-state index in [1.165, 1.54) is 7.11 Å². The van der Waals surface area contributed by atoms with Crippen LogP contribution in [0.2, 0.25) is 5.02 Å². The number of rotatable bonds is 6. The van der Waals surface area contributed by atoms with E-state index in [2.05, 4.69) is 20.2 Å². The second-order valence-corrected chi connectivity index (χ2v) is 5.84. The number of methoxy groups -OCH3 is 1. The quantitative estimate of drug-likeness (QED) is 0.626. The molecular weight excluding hydrogens is 342 g/mol. The molecule has 6 nitrogen and oxygen atoms in total. The zero-order valence-electron chi connectivity index (χ0n) is 14.4. The fraction of sp³-hybridized carbons (Fsp3) is 0.278. The average Bonchev–Trinajstić information content (AvgIpc) is 2.62. The highest BCUT2D eigenvalue weighted by atomic mass is 35.5. The lowest BCUT2D eigenvalue weighted by atomic mass is 10.1. The third-order valence-corrected chi connectivity index (χ3v) is 3.83. The molecule has 2 aromatic rings. The summed E-state index contributed by atoms with van der Waals surface area (Å²) in [6, 6.07) is 9.33. The van der Waals surface area contributed by atoms with Crippen LogP contribution in [0.15, 0.2) is 41.7 Å². The van der Waals surface area contributed by atoms with E-state index in [1.807, 2.05) is 38.1 Å². The van der Waals surface area contributed by atoms with Gasteiger partial charge in [0.05, 0.1) is 18.5 Å². The number of amides is 1. The van der Waals surface area contributed by atoms with Gasteiger partial charge in [0.25, 0.3) is 0 Å². The van der Waals surface area contributed by atoms with Crippen molar-refractivity contribution in [1.82, 2.24) is 10.3 Å². The first-order chi connectivity index (χ1) is 12.0. The van der Waals surface area contributed by atoms with E-state index >= 15 is 0 Å². The van der Waals surface area contributed by atoms with Crippen LogP contribution < -0.4 is 5.32 Å². The van der Waals surface area contributed by atoms with Crippen molar-refractivity contribution in [2.75, 3.05) is 7.11 Å². The minimum Gasteiger partial charge on any atom is -0.453 e. The zero-order valence-corrected chi connectivity index (χ0v) is 15.1. The molecule has 0 radical (unpaired) electrons. The summed E-state index contributed by atoms with van der Waals surface area (Å²) in [5.74, 6) is 0. The molecule has 0 unspecified atom stereocenters. The average molecular weight is 362 g/mol. The summed E-state index contributed by atoms with van der Waals surface area (Å²) in [5.41, 5.74) is 4.21. The highest BCUT2D eigenvalue weighted by Gasteiger charge is 2.07. The summed E-state index contributed by atoms with van der Waals surface area (Å²) in [4.78, 5) is 20.8. The molecule has 1 aromatic heterocycles. The normalized spacial score (nSPS) is 11.1. The second kappa shape index (κ2) is 9.03. The topological polar surface area (TPSA) is 72.8 Å². The zero-order chi connectivity index (χ0) is 18.2. The molecule has 0 atom stereocenters. The molecule has 1 aromatic carbocycles. The van der Waals surface area contributed by atoms with Gasteiger partial charge in [0.15, 0.2) is 6.61 Å². The van der Waals surface area contributed by atoms with E-state index in [0.717, 1.165) is 22.4 Å². The van der Waals surface area contributed by atoms with Gasteiger partial charge in [-0.1, -0.05) is 28.9 Å². The van der Waals surface area contributed by atoms with E-state index in [0.29, 0.717) is 17.3 Å². The van der Waals surface area contributed by atoms with Crippen LogP contribution in [-0.2, 0) is 22.7 Å². The number of carbonyl (C=O) groups is 1. The van der Waals surface area contributed by atoms with Gasteiger partial charge in [-0.3, -0.25) is 4.98 Å². The number of nitrogens with zero attached hydrogens (tertiary/aromatic N) is 2. The van der Waals surface area contributed by atoms with Gasteiger partial charge in [-0.15, -0.1) is 0 Å². The molecule has 0 aliphatic carbocycles. The maximum Gasteiger partial charge on any atom is 0.407 e. The minimum absolute atomic E-state index is 0.265. The van der Waals surface area contributed by atoms with E-state index < -0.39 is 6.09 Å². The number of nitrogens with one attached hydrogen (secondary N) is 1. The number of hydrogen-bond donors (Lipinski definition) is 1. The SMILES string of the molecule is COC(=O)NCc1cc(C(C)=NOCc2ccc(C)cn2)ccc1Cl. The number of aromatic nitrogens is 1. The summed E-state index contributed by atoms with van der Waals surface area (Å²) < 4.78 is 4.55. The fourth-order valence-corrected chi connectivity index (χ4v) is 2.19. The first-order valence-electron chi connectivity index (χ1n) is 7.68. The first kappa shape index (κ1) is 18.7. The summed E-state index contributed by atoms with van der Waals surface area (Å²) in [6.07, 6.45) is 1.27. The molecule has 0 bridgehead atoms. The maximum atomic E-state index is 11.2. The number of oxime groups is 1. The molecule has 0 fully saturated rings. The van der Waals surface area contributed by atoms with Gasteiger partial charge >= 0.3 is 6.09 Å². The van der Waals surface area contributed by atoms with Crippen molar-refractivity contribution in [2.24, 2.45) is 5.16 Å². The smallest absolute Gasteiger partial charge is 0.407 e. The lowest BCUT2D eigenvalue weighted by Gasteiger charge is -2.09. The molecule has 0 saturated carbocycles. The standard InChI is InChI=1S/C18H20ClN3O3/c1-12-4-6-16(20-9-12)11-25-22-13(2)14-5-7-17(19)15(8-14)10-21-18(23)24-3/h4-9H,10-11H2,1-3H3,(H,21,23). The predicted molar refractivity (Wildman–Crippen MR) is 96.7 cm³/mol. The number of aryl methyl sites for hydroxylation is 1. The molecule has 25 heavy (non-hydrogen) atoms. The fourth-order valence-electron chi connectivity index (χ4n) is 2.01. The summed E-state index contributed by atoms with van der Waals surface area (Å²) >= 11 is 6.15. The molecule has 2 rings (SSSR count). The van der Waals surface area contributed by atoms with Gasteiger partial charge in [0.1, 0.15) is 0 Å². The van der Waals surface area contributed by atoms with Gasteiger partial charge in [-0.05, 0) is 48.7 Å². The van der Waals surface area contributed by atoms with E-state index in [1.54, 1.807) is 12.3 Å². The van der Waals surface area contributed by atoms with Crippen LogP contribution in [0, 0.1) is 6.92 Å². The summed E-state index contributed by atoms with van der Waals surface area (Å²) in [5, 5.41) is 7.27. The van der Waals surface area contributed by atoms with Gasteiger partial charge in [-0.2, -0.15) is 0 Å². The number of benzene rings is 1. The first-order valence-corrected chi connectivity index (χ1v) is 8.06. The second-order valence-electron chi connectivity index (χ2n) is 5.43. The van der Waals surface area contributed by atoms with Crippen LogP contribution >= 0.6 is 11.6 Å². The lowest BCUT2D eigenvalue weighted by Crippen LogP contribution is -2.22. The Labute approximate surface area is 151 Å². The van der Waals surface area contributed by atoms with Crippen LogP contribution in [0.25, 0.3) is 0 Å². The Bertz CT molecular complexity index is 761. The highest BCUT2D eigenvalue weighted by molar-refractivity contribution is 6.31. The highest BCUT2D eigenvalue weighted by Crippen LogP contribution is 2.18. The number of alkyl carbamates (subject to hydrolysis) is 1. The predicted octanol–water partition coefficient (Wildman–Crippen LogP) is 3.84. The number of carbonyl (C=O) groups excluding carboxylic acids is 1. The minimum atomic E-state index is -0.513. The lowest BCUT2D eigenvalue weighted by molar-refractivity contribution is 0.128. The molecule has 0 saturated heterocycles. The molecule has 1 heterocycles. The molecule has 0 aliphatic heterocycles. The Balaban J connectivity index is 2.01. The number of hydrogen-bond acceptors (Lipinski definition) is 5. The van der Waals surface area contributed by atoms with E-state index in [9.17, 15) is 4.79 Å². The van der Waals surface area contributed by atoms with Crippen molar-refractivity contribution in [2.45, 2.75) is 27.0 Å². The molecule has 0 spiro atoms. The molecule has 132 valence electrons. The van der Waals surface area contributed by atoms with Gasteiger partial charge in [0, 0.05) is 17.8 Å². The molecule has 1 amide bonds. The Morgan fingerprint density at radius 2 is 2.12 bits per heavy atom. The van der Waals surface area contributed by atoms with E-state index in [4.69, 9.17) is 16.4 Å². The monoisotopic (exact) mass is 361 g/mol. The molecular formula is C18H20ClN3O3. The largest absolute Gasteiger partial charge is 0.453 e. The number of ether oxygens (including phenoxy) is 1. The van der Waals surface area contributed by atoms with Gasteiger partial charge in [0.2, 0.25) is 0 Å². The van der Waals surface area contributed by atoms with Crippen molar-refractivity contribution in [3.63, 3.8) is 0 Å². The molecule has 0 aliphatic rings. The Kier molecular flexibility index (Phi) is 6.77. The summed E-state index contributed by atoms with van der Waals surface area (Å²) in [7, 11) is 1.31. The van der Waals surface area contributed by atoms with Crippen molar-refractivity contribution in [3.05, 3.63) is 63.9 Å². The van der Waals surface area contributed by atoms with Crippen molar-refractivity contribution in [1.29, 1.82) is 0 Å².